The molecule has 0 radical (unpaired) electrons. The van der Waals surface area contributed by atoms with Crippen LogP contribution in [-0.4, -0.2) is 39.7 Å². The number of amides is 1. The highest BCUT2D eigenvalue weighted by molar-refractivity contribution is 5.81. The van der Waals surface area contributed by atoms with Crippen molar-refractivity contribution in [3.05, 3.63) is 18.5 Å². The Morgan fingerprint density at radius 2 is 2.11 bits per heavy atom. The van der Waals surface area contributed by atoms with Crippen LogP contribution in [0.2, 0.25) is 0 Å². The Labute approximate surface area is 114 Å². The Hall–Kier alpha value is -1.36. The third kappa shape index (κ3) is 3.56. The average molecular weight is 264 g/mol. The number of carbonyl (C=O) groups is 1. The number of carbonyl (C=O) groups excluding carboxylic acids is 1. The van der Waals surface area contributed by atoms with Crippen LogP contribution in [0.4, 0.5) is 0 Å². The molecule has 0 saturated carbocycles. The maximum absolute atomic E-state index is 12.2. The van der Waals surface area contributed by atoms with Crippen molar-refractivity contribution in [2.75, 3.05) is 13.1 Å². The number of likely N-dealkylation sites (tertiary alicyclic amines) is 1. The molecule has 0 spiro atoms. The fraction of sp³-hybridized carbons (Fsp3) is 0.714. The first kappa shape index (κ1) is 14.1. The number of nitrogens with zero attached hydrogens (tertiary/aromatic N) is 3. The molecule has 2 rings (SSSR count). The average Bonchev–Trinajstić information content (AvgIpc) is 2.91. The van der Waals surface area contributed by atoms with Gasteiger partial charge in [0, 0.05) is 25.5 Å². The third-order valence-electron chi connectivity index (χ3n) is 3.72. The minimum atomic E-state index is -0.346. The van der Waals surface area contributed by atoms with E-state index in [-0.39, 0.29) is 11.9 Å². The van der Waals surface area contributed by atoms with E-state index < -0.39 is 0 Å². The lowest BCUT2D eigenvalue weighted by Crippen LogP contribution is -2.47. The quantitative estimate of drug-likeness (QED) is 0.894. The molecule has 1 aliphatic heterocycles. The van der Waals surface area contributed by atoms with E-state index in [1.165, 1.54) is 0 Å². The van der Waals surface area contributed by atoms with Gasteiger partial charge in [0.15, 0.2) is 0 Å². The minimum absolute atomic E-state index is 0.104. The van der Waals surface area contributed by atoms with E-state index in [1.54, 1.807) is 6.20 Å². The zero-order chi connectivity index (χ0) is 13.8. The van der Waals surface area contributed by atoms with Gasteiger partial charge in [-0.25, -0.2) is 0 Å². The Balaban J connectivity index is 1.84. The summed E-state index contributed by atoms with van der Waals surface area (Å²) in [6.45, 7) is 5.76. The number of nitrogens with two attached hydrogens (primary N) is 1. The molecule has 1 saturated heterocycles. The maximum atomic E-state index is 12.2. The van der Waals surface area contributed by atoms with Gasteiger partial charge in [0.25, 0.3) is 0 Å². The monoisotopic (exact) mass is 264 g/mol. The first-order valence-electron chi connectivity index (χ1n) is 7.11. The van der Waals surface area contributed by atoms with Crippen LogP contribution in [0.25, 0.3) is 0 Å². The van der Waals surface area contributed by atoms with E-state index in [4.69, 9.17) is 5.73 Å². The summed E-state index contributed by atoms with van der Waals surface area (Å²) in [6, 6.07) is 2.01. The second kappa shape index (κ2) is 6.19. The standard InChI is InChI=1S/C14H24N4O/c1-11(2)10-13(15)14(19)17-8-4-12(5-9-17)18-7-3-6-16-18/h3,6-7,11-13H,4-5,8-10,15H2,1-2H3/t13-/m0/s1. The first-order chi connectivity index (χ1) is 9.08. The number of rotatable bonds is 4. The van der Waals surface area contributed by atoms with Gasteiger partial charge in [-0.05, 0) is 31.2 Å². The molecule has 1 aliphatic rings. The van der Waals surface area contributed by atoms with Crippen molar-refractivity contribution < 1.29 is 4.79 Å². The van der Waals surface area contributed by atoms with Gasteiger partial charge in [0.05, 0.1) is 12.1 Å². The minimum Gasteiger partial charge on any atom is -0.341 e. The summed E-state index contributed by atoms with van der Waals surface area (Å²) in [5.74, 6) is 0.563. The van der Waals surface area contributed by atoms with Crippen molar-refractivity contribution in [3.63, 3.8) is 0 Å². The SMILES string of the molecule is CC(C)C[C@H](N)C(=O)N1CCC(n2cccn2)CC1. The molecular formula is C14H24N4O. The summed E-state index contributed by atoms with van der Waals surface area (Å²) < 4.78 is 2.00. The van der Waals surface area contributed by atoms with E-state index in [9.17, 15) is 4.79 Å². The predicted octanol–water partition coefficient (Wildman–Crippen LogP) is 1.42. The van der Waals surface area contributed by atoms with Gasteiger partial charge in [-0.2, -0.15) is 5.10 Å². The van der Waals surface area contributed by atoms with Crippen LogP contribution in [0.5, 0.6) is 0 Å². The fourth-order valence-corrected chi connectivity index (χ4v) is 2.69. The number of hydrogen-bond donors (Lipinski definition) is 1. The molecule has 1 amide bonds. The fourth-order valence-electron chi connectivity index (χ4n) is 2.69. The first-order valence-corrected chi connectivity index (χ1v) is 7.11. The molecule has 5 heteroatoms. The van der Waals surface area contributed by atoms with Gasteiger partial charge in [0.1, 0.15) is 0 Å². The summed E-state index contributed by atoms with van der Waals surface area (Å²) in [5.41, 5.74) is 5.97. The Bertz CT molecular complexity index is 394. The van der Waals surface area contributed by atoms with Gasteiger partial charge in [-0.15, -0.1) is 0 Å². The molecular weight excluding hydrogens is 240 g/mol. The van der Waals surface area contributed by atoms with Gasteiger partial charge in [0.2, 0.25) is 5.91 Å². The highest BCUT2D eigenvalue weighted by Crippen LogP contribution is 2.22. The van der Waals surface area contributed by atoms with Crippen molar-refractivity contribution in [2.45, 2.75) is 45.2 Å². The molecule has 1 aromatic heterocycles. The highest BCUT2D eigenvalue weighted by atomic mass is 16.2. The van der Waals surface area contributed by atoms with Gasteiger partial charge in [-0.1, -0.05) is 13.8 Å². The Morgan fingerprint density at radius 1 is 1.42 bits per heavy atom. The molecule has 0 aliphatic carbocycles. The molecule has 0 bridgehead atoms. The van der Waals surface area contributed by atoms with Crippen LogP contribution < -0.4 is 5.73 Å². The van der Waals surface area contributed by atoms with Crippen LogP contribution in [0.3, 0.4) is 0 Å². The third-order valence-corrected chi connectivity index (χ3v) is 3.72. The predicted molar refractivity (Wildman–Crippen MR) is 74.5 cm³/mol. The van der Waals surface area contributed by atoms with Crippen LogP contribution in [0.1, 0.15) is 39.2 Å². The summed E-state index contributed by atoms with van der Waals surface area (Å²) in [6.07, 6.45) is 6.48. The Morgan fingerprint density at radius 3 is 2.63 bits per heavy atom. The van der Waals surface area contributed by atoms with E-state index in [0.717, 1.165) is 32.4 Å². The summed E-state index contributed by atoms with van der Waals surface area (Å²) >= 11 is 0. The van der Waals surface area contributed by atoms with Crippen LogP contribution >= 0.6 is 0 Å². The molecule has 106 valence electrons. The van der Waals surface area contributed by atoms with E-state index >= 15 is 0 Å². The smallest absolute Gasteiger partial charge is 0.239 e. The molecule has 5 nitrogen and oxygen atoms in total. The zero-order valence-electron chi connectivity index (χ0n) is 11.8. The van der Waals surface area contributed by atoms with Gasteiger partial charge < -0.3 is 10.6 Å². The summed E-state index contributed by atoms with van der Waals surface area (Å²) in [7, 11) is 0. The second-order valence-corrected chi connectivity index (χ2v) is 5.78. The molecule has 2 heterocycles. The summed E-state index contributed by atoms with van der Waals surface area (Å²) in [4.78, 5) is 14.1. The molecule has 1 fully saturated rings. The van der Waals surface area contributed by atoms with Crippen LogP contribution in [-0.2, 0) is 4.79 Å². The van der Waals surface area contributed by atoms with E-state index in [1.807, 2.05) is 21.8 Å². The molecule has 2 N–H and O–H groups in total. The van der Waals surface area contributed by atoms with E-state index in [0.29, 0.717) is 12.0 Å². The maximum Gasteiger partial charge on any atom is 0.239 e. The van der Waals surface area contributed by atoms with Gasteiger partial charge >= 0.3 is 0 Å². The number of hydrogen-bond acceptors (Lipinski definition) is 3. The van der Waals surface area contributed by atoms with Crippen molar-refractivity contribution in [1.29, 1.82) is 0 Å². The zero-order valence-corrected chi connectivity index (χ0v) is 11.8. The molecule has 1 aromatic rings. The lowest BCUT2D eigenvalue weighted by molar-refractivity contribution is -0.134. The normalized spacial score (nSPS) is 18.8. The van der Waals surface area contributed by atoms with Crippen LogP contribution in [0.15, 0.2) is 18.5 Å². The van der Waals surface area contributed by atoms with Gasteiger partial charge in [-0.3, -0.25) is 9.48 Å². The van der Waals surface area contributed by atoms with Crippen molar-refractivity contribution in [2.24, 2.45) is 11.7 Å². The van der Waals surface area contributed by atoms with E-state index in [2.05, 4.69) is 18.9 Å². The lowest BCUT2D eigenvalue weighted by Gasteiger charge is -2.33. The van der Waals surface area contributed by atoms with Crippen molar-refractivity contribution in [3.8, 4) is 0 Å². The largest absolute Gasteiger partial charge is 0.341 e. The second-order valence-electron chi connectivity index (χ2n) is 5.78. The number of piperidine rings is 1. The van der Waals surface area contributed by atoms with Crippen LogP contribution in [0, 0.1) is 5.92 Å². The lowest BCUT2D eigenvalue weighted by atomic mass is 10.0. The summed E-state index contributed by atoms with van der Waals surface area (Å²) in [5, 5.41) is 4.27. The van der Waals surface area contributed by atoms with Crippen molar-refractivity contribution >= 4 is 5.91 Å². The van der Waals surface area contributed by atoms with Crippen molar-refractivity contribution in [1.82, 2.24) is 14.7 Å². The molecule has 19 heavy (non-hydrogen) atoms. The Kier molecular flexibility index (Phi) is 4.58. The molecule has 0 unspecified atom stereocenters. The molecule has 1 atom stereocenters. The number of aromatic nitrogens is 2. The molecule has 0 aromatic carbocycles. The topological polar surface area (TPSA) is 64.2 Å². The highest BCUT2D eigenvalue weighted by Gasteiger charge is 2.27.